The highest BCUT2D eigenvalue weighted by Crippen LogP contribution is 2.46. The average molecular weight is 461 g/mol. The number of nitrogens with one attached hydrogen (secondary N) is 2. The third kappa shape index (κ3) is 3.49. The topological polar surface area (TPSA) is 114 Å². The molecule has 0 unspecified atom stereocenters. The third-order valence-electron chi connectivity index (χ3n) is 6.62. The minimum atomic E-state index is -3.73. The van der Waals surface area contributed by atoms with Crippen LogP contribution in [0.15, 0.2) is 29.3 Å². The Morgan fingerprint density at radius 3 is 2.77 bits per heavy atom. The van der Waals surface area contributed by atoms with Gasteiger partial charge in [0.2, 0.25) is 10.0 Å². The highest BCUT2D eigenvalue weighted by molar-refractivity contribution is 7.89. The lowest BCUT2D eigenvalue weighted by molar-refractivity contribution is 0.301. The van der Waals surface area contributed by atoms with Gasteiger partial charge in [0.25, 0.3) is 0 Å². The molecule has 0 bridgehead atoms. The highest BCUT2D eigenvalue weighted by Gasteiger charge is 2.43. The van der Waals surface area contributed by atoms with Gasteiger partial charge in [-0.2, -0.15) is 9.61 Å². The molecule has 2 aromatic heterocycles. The van der Waals surface area contributed by atoms with Crippen molar-refractivity contribution in [1.82, 2.24) is 19.9 Å². The molecule has 1 aliphatic heterocycles. The van der Waals surface area contributed by atoms with Gasteiger partial charge in [0, 0.05) is 17.5 Å². The minimum absolute atomic E-state index is 0.0973. The van der Waals surface area contributed by atoms with E-state index in [0.29, 0.717) is 22.8 Å². The smallest absolute Gasteiger partial charge is 0.238 e. The summed E-state index contributed by atoms with van der Waals surface area (Å²) in [5, 5.41) is 17.3. The number of primary sulfonamides is 1. The van der Waals surface area contributed by atoms with Crippen LogP contribution in [0, 0.1) is 6.92 Å². The normalized spacial score (nSPS) is 17.9. The Hall–Kier alpha value is -2.20. The summed E-state index contributed by atoms with van der Waals surface area (Å²) in [7, 11) is -3.73. The van der Waals surface area contributed by atoms with Crippen molar-refractivity contribution in [3.05, 3.63) is 51.8 Å². The summed E-state index contributed by atoms with van der Waals surface area (Å²) in [4.78, 5) is 5.13. The maximum atomic E-state index is 11.7. The number of nitrogens with zero attached hydrogens (tertiary/aromatic N) is 3. The summed E-state index contributed by atoms with van der Waals surface area (Å²) in [5.41, 5.74) is 4.70. The zero-order chi connectivity index (χ0) is 21.8. The summed E-state index contributed by atoms with van der Waals surface area (Å²) in [5.74, 6) is 0.912. The second-order valence-electron chi connectivity index (χ2n) is 8.54. The number of anilines is 1. The SMILES string of the molecule is Cc1cc(CNc2c3c(nc4c(Cl)cnn24)C2(CCNCC2)CC3)ccc1S(N)(=O)=O. The van der Waals surface area contributed by atoms with Crippen LogP contribution in [0.3, 0.4) is 0 Å². The second kappa shape index (κ2) is 7.44. The molecule has 0 atom stereocenters. The fraction of sp³-hybridized carbons (Fsp3) is 0.429. The minimum Gasteiger partial charge on any atom is -0.366 e. The van der Waals surface area contributed by atoms with E-state index in [2.05, 4.69) is 15.7 Å². The summed E-state index contributed by atoms with van der Waals surface area (Å²) >= 11 is 6.42. The van der Waals surface area contributed by atoms with E-state index in [1.807, 2.05) is 6.07 Å². The fourth-order valence-corrected chi connectivity index (χ4v) is 5.99. The summed E-state index contributed by atoms with van der Waals surface area (Å²) in [6, 6.07) is 5.18. The number of piperidine rings is 1. The van der Waals surface area contributed by atoms with Crippen LogP contribution in [0.1, 0.15) is 41.6 Å². The number of hydrogen-bond donors (Lipinski definition) is 3. The number of hydrogen-bond acceptors (Lipinski definition) is 6. The van der Waals surface area contributed by atoms with E-state index in [4.69, 9.17) is 21.7 Å². The number of fused-ring (bicyclic) bond motifs is 3. The molecule has 0 radical (unpaired) electrons. The molecular weight excluding hydrogens is 436 g/mol. The Kier molecular flexibility index (Phi) is 4.97. The van der Waals surface area contributed by atoms with Crippen molar-refractivity contribution in [2.24, 2.45) is 5.14 Å². The van der Waals surface area contributed by atoms with Gasteiger partial charge in [-0.15, -0.1) is 0 Å². The van der Waals surface area contributed by atoms with Crippen molar-refractivity contribution in [2.75, 3.05) is 18.4 Å². The molecule has 3 aromatic rings. The first-order valence-corrected chi connectivity index (χ1v) is 12.3. The molecule has 2 aliphatic rings. The monoisotopic (exact) mass is 460 g/mol. The quantitative estimate of drug-likeness (QED) is 0.551. The van der Waals surface area contributed by atoms with Crippen molar-refractivity contribution in [3.8, 4) is 0 Å². The Balaban J connectivity index is 1.53. The summed E-state index contributed by atoms with van der Waals surface area (Å²) < 4.78 is 25.2. The van der Waals surface area contributed by atoms with Crippen molar-refractivity contribution < 1.29 is 8.42 Å². The van der Waals surface area contributed by atoms with Crippen LogP contribution in [0.25, 0.3) is 5.65 Å². The van der Waals surface area contributed by atoms with Crippen molar-refractivity contribution in [1.29, 1.82) is 0 Å². The van der Waals surface area contributed by atoms with Crippen LogP contribution in [0.4, 0.5) is 5.82 Å². The molecule has 5 rings (SSSR count). The molecular formula is C21H25ClN6O2S. The highest BCUT2D eigenvalue weighted by atomic mass is 35.5. The van der Waals surface area contributed by atoms with Gasteiger partial charge in [0.05, 0.1) is 16.8 Å². The number of aromatic nitrogens is 3. The molecule has 1 aliphatic carbocycles. The number of halogens is 1. The molecule has 1 spiro atoms. The van der Waals surface area contributed by atoms with Crippen LogP contribution in [-0.2, 0) is 28.4 Å². The lowest BCUT2D eigenvalue weighted by Crippen LogP contribution is -2.39. The van der Waals surface area contributed by atoms with Crippen LogP contribution >= 0.6 is 11.6 Å². The van der Waals surface area contributed by atoms with Gasteiger partial charge in [-0.25, -0.2) is 18.5 Å². The maximum absolute atomic E-state index is 11.7. The number of benzene rings is 1. The standard InChI is InChI=1S/C21H25ClN6O2S/c1-13-10-14(2-3-17(13)31(23,29)30)11-25-19-15-4-5-21(6-8-24-9-7-21)18(15)27-20-16(22)12-26-28(19)20/h2-3,10,12,24-25H,4-9,11H2,1H3,(H2,23,29,30). The van der Waals surface area contributed by atoms with Gasteiger partial charge in [-0.3, -0.25) is 0 Å². The van der Waals surface area contributed by atoms with E-state index in [0.717, 1.165) is 55.8 Å². The first-order chi connectivity index (χ1) is 14.8. The third-order valence-corrected chi connectivity index (χ3v) is 7.96. The zero-order valence-electron chi connectivity index (χ0n) is 17.3. The summed E-state index contributed by atoms with van der Waals surface area (Å²) in [6.45, 7) is 4.26. The zero-order valence-corrected chi connectivity index (χ0v) is 18.9. The lowest BCUT2D eigenvalue weighted by atomic mass is 9.77. The molecule has 0 saturated carbocycles. The Morgan fingerprint density at radius 2 is 2.06 bits per heavy atom. The van der Waals surface area contributed by atoms with E-state index >= 15 is 0 Å². The van der Waals surface area contributed by atoms with Crippen molar-refractivity contribution in [2.45, 2.75) is 49.5 Å². The molecule has 1 saturated heterocycles. The fourth-order valence-electron chi connectivity index (χ4n) is 5.06. The first-order valence-electron chi connectivity index (χ1n) is 10.4. The van der Waals surface area contributed by atoms with Crippen LogP contribution in [0.5, 0.6) is 0 Å². The second-order valence-corrected chi connectivity index (χ2v) is 10.5. The molecule has 164 valence electrons. The van der Waals surface area contributed by atoms with Gasteiger partial charge in [-0.1, -0.05) is 23.7 Å². The molecule has 3 heterocycles. The number of rotatable bonds is 4. The Labute approximate surface area is 186 Å². The maximum Gasteiger partial charge on any atom is 0.238 e. The van der Waals surface area contributed by atoms with E-state index in [1.54, 1.807) is 29.8 Å². The van der Waals surface area contributed by atoms with Crippen molar-refractivity contribution >= 4 is 33.1 Å². The van der Waals surface area contributed by atoms with Gasteiger partial charge < -0.3 is 10.6 Å². The van der Waals surface area contributed by atoms with Crippen LogP contribution in [0.2, 0.25) is 5.02 Å². The first kappa shape index (κ1) is 20.7. The average Bonchev–Trinajstić information content (AvgIpc) is 3.27. The predicted octanol–water partition coefficient (Wildman–Crippen LogP) is 2.52. The van der Waals surface area contributed by atoms with Gasteiger partial charge >= 0.3 is 0 Å². The van der Waals surface area contributed by atoms with Gasteiger partial charge in [0.15, 0.2) is 5.65 Å². The summed E-state index contributed by atoms with van der Waals surface area (Å²) in [6.07, 6.45) is 5.80. The molecule has 0 amide bonds. The Bertz CT molecular complexity index is 1280. The molecule has 31 heavy (non-hydrogen) atoms. The van der Waals surface area contributed by atoms with Gasteiger partial charge in [0.1, 0.15) is 10.8 Å². The predicted molar refractivity (Wildman–Crippen MR) is 120 cm³/mol. The molecule has 8 nitrogen and oxygen atoms in total. The molecule has 4 N–H and O–H groups in total. The van der Waals surface area contributed by atoms with Crippen molar-refractivity contribution in [3.63, 3.8) is 0 Å². The number of aryl methyl sites for hydroxylation is 1. The van der Waals surface area contributed by atoms with E-state index in [1.165, 1.54) is 5.56 Å². The van der Waals surface area contributed by atoms with E-state index in [-0.39, 0.29) is 10.3 Å². The number of nitrogens with two attached hydrogens (primary N) is 1. The van der Waals surface area contributed by atoms with E-state index < -0.39 is 10.0 Å². The van der Waals surface area contributed by atoms with E-state index in [9.17, 15) is 8.42 Å². The van der Waals surface area contributed by atoms with Crippen LogP contribution in [-0.4, -0.2) is 36.1 Å². The lowest BCUT2D eigenvalue weighted by Gasteiger charge is -2.34. The molecule has 1 fully saturated rings. The largest absolute Gasteiger partial charge is 0.366 e. The Morgan fingerprint density at radius 1 is 1.29 bits per heavy atom. The van der Waals surface area contributed by atoms with Gasteiger partial charge in [-0.05, 0) is 62.9 Å². The van der Waals surface area contributed by atoms with Crippen LogP contribution < -0.4 is 15.8 Å². The number of sulfonamides is 1. The molecule has 10 heteroatoms. The molecule has 1 aromatic carbocycles.